The lowest BCUT2D eigenvalue weighted by molar-refractivity contribution is 0.630. The van der Waals surface area contributed by atoms with Crippen LogP contribution in [0.15, 0.2) is 121 Å². The van der Waals surface area contributed by atoms with Crippen LogP contribution in [0, 0.1) is 23.7 Å². The summed E-state index contributed by atoms with van der Waals surface area (Å²) in [5.74, 6) is -0.800. The molecule has 0 radical (unpaired) electrons. The summed E-state index contributed by atoms with van der Waals surface area (Å²) in [6.07, 6.45) is 0. The highest BCUT2D eigenvalue weighted by molar-refractivity contribution is 5.90. The summed E-state index contributed by atoms with van der Waals surface area (Å²) >= 11 is 0. The number of nitrogens with zero attached hydrogens (tertiary/aromatic N) is 3. The minimum absolute atomic E-state index is 0.167. The van der Waals surface area contributed by atoms with Crippen LogP contribution < -0.4 is 4.90 Å². The predicted octanol–water partition coefficient (Wildman–Crippen LogP) is 9.05. The summed E-state index contributed by atoms with van der Waals surface area (Å²) in [6, 6.07) is 40.9. The first kappa shape index (κ1) is 22.6. The van der Waals surface area contributed by atoms with Crippen LogP contribution in [0.3, 0.4) is 0 Å². The molecular formula is C32H20FN3. The second-order valence-electron chi connectivity index (χ2n) is 8.18. The van der Waals surface area contributed by atoms with Gasteiger partial charge in [0.2, 0.25) is 5.69 Å². The monoisotopic (exact) mass is 465 g/mol. The van der Waals surface area contributed by atoms with Crippen molar-refractivity contribution in [3.05, 3.63) is 144 Å². The Morgan fingerprint density at radius 3 is 2.00 bits per heavy atom. The Morgan fingerprint density at radius 2 is 1.31 bits per heavy atom. The van der Waals surface area contributed by atoms with Crippen molar-refractivity contribution in [2.75, 3.05) is 4.90 Å². The average Bonchev–Trinajstić information content (AvgIpc) is 2.95. The van der Waals surface area contributed by atoms with E-state index in [1.807, 2.05) is 114 Å². The molecule has 0 spiro atoms. The number of rotatable bonds is 5. The fourth-order valence-electron chi connectivity index (χ4n) is 4.30. The first-order chi connectivity index (χ1) is 17.7. The van der Waals surface area contributed by atoms with E-state index in [0.717, 1.165) is 33.6 Å². The number of hydrogen-bond donors (Lipinski definition) is 0. The normalized spacial score (nSPS) is 10.3. The molecule has 0 unspecified atom stereocenters. The van der Waals surface area contributed by atoms with Gasteiger partial charge in [0.1, 0.15) is 11.9 Å². The van der Waals surface area contributed by atoms with E-state index in [1.165, 1.54) is 12.1 Å². The molecule has 0 N–H and O–H groups in total. The van der Waals surface area contributed by atoms with Crippen LogP contribution in [0.4, 0.5) is 27.1 Å². The molecule has 4 heteroatoms. The summed E-state index contributed by atoms with van der Waals surface area (Å²) in [5.41, 5.74) is 5.92. The Kier molecular flexibility index (Phi) is 6.26. The first-order valence-corrected chi connectivity index (χ1v) is 11.4. The Labute approximate surface area is 209 Å². The zero-order chi connectivity index (χ0) is 24.9. The average molecular weight is 466 g/mol. The largest absolute Gasteiger partial charge is 0.311 e. The first-order valence-electron chi connectivity index (χ1n) is 11.4. The third kappa shape index (κ3) is 4.32. The Balaban J connectivity index is 1.78. The molecule has 3 nitrogen and oxygen atoms in total. The number of benzene rings is 5. The molecule has 0 bridgehead atoms. The molecule has 0 aliphatic rings. The van der Waals surface area contributed by atoms with Crippen LogP contribution in [-0.2, 0) is 0 Å². The Hall–Kier alpha value is -5.19. The second-order valence-corrected chi connectivity index (χ2v) is 8.18. The fraction of sp³-hybridized carbons (Fsp3) is 0. The summed E-state index contributed by atoms with van der Waals surface area (Å²) in [5, 5.41) is 9.60. The summed E-state index contributed by atoms with van der Waals surface area (Å²) in [4.78, 5) is 5.33. The molecule has 0 aliphatic carbocycles. The standard InChI is InChI=1S/C32H20FN3/c1-35-30-21-28(20-26(22-34)32(30)33)36(27-16-10-15-25(19-27)23-11-4-2-5-12-23)31-18-9-8-17-29(31)24-13-6-3-7-14-24/h2-21H. The van der Waals surface area contributed by atoms with E-state index >= 15 is 0 Å². The van der Waals surface area contributed by atoms with E-state index in [9.17, 15) is 9.65 Å². The highest BCUT2D eigenvalue weighted by Gasteiger charge is 2.21. The fourth-order valence-corrected chi connectivity index (χ4v) is 4.30. The van der Waals surface area contributed by atoms with Gasteiger partial charge in [-0.15, -0.1) is 0 Å². The number of para-hydroxylation sites is 1. The lowest BCUT2D eigenvalue weighted by Gasteiger charge is -2.29. The van der Waals surface area contributed by atoms with E-state index < -0.39 is 5.82 Å². The maximum Gasteiger partial charge on any atom is 0.225 e. The third-order valence-corrected chi connectivity index (χ3v) is 5.98. The van der Waals surface area contributed by atoms with Gasteiger partial charge in [0.25, 0.3) is 0 Å². The molecule has 0 aliphatic heterocycles. The van der Waals surface area contributed by atoms with Crippen LogP contribution in [0.5, 0.6) is 0 Å². The molecule has 5 rings (SSSR count). The summed E-state index contributed by atoms with van der Waals surface area (Å²) in [7, 11) is 0. The summed E-state index contributed by atoms with van der Waals surface area (Å²) in [6.45, 7) is 7.48. The third-order valence-electron chi connectivity index (χ3n) is 5.98. The zero-order valence-corrected chi connectivity index (χ0v) is 19.3. The predicted molar refractivity (Wildman–Crippen MR) is 143 cm³/mol. The quantitative estimate of drug-likeness (QED) is 0.242. The number of halogens is 1. The molecule has 0 heterocycles. The van der Waals surface area contributed by atoms with Gasteiger partial charge in [-0.25, -0.2) is 9.24 Å². The maximum atomic E-state index is 14.7. The van der Waals surface area contributed by atoms with Crippen molar-refractivity contribution in [2.24, 2.45) is 0 Å². The topological polar surface area (TPSA) is 31.4 Å². The molecule has 0 atom stereocenters. The van der Waals surface area contributed by atoms with Crippen LogP contribution in [0.1, 0.15) is 5.56 Å². The van der Waals surface area contributed by atoms with E-state index in [1.54, 1.807) is 0 Å². The molecule has 0 saturated carbocycles. The van der Waals surface area contributed by atoms with Crippen molar-refractivity contribution in [3.63, 3.8) is 0 Å². The van der Waals surface area contributed by atoms with Crippen LogP contribution >= 0.6 is 0 Å². The van der Waals surface area contributed by atoms with Gasteiger partial charge >= 0.3 is 0 Å². The Bertz CT molecular complexity index is 1580. The number of hydrogen-bond acceptors (Lipinski definition) is 2. The van der Waals surface area contributed by atoms with Gasteiger partial charge in [-0.3, -0.25) is 0 Å². The lowest BCUT2D eigenvalue weighted by Crippen LogP contribution is -2.12. The van der Waals surface area contributed by atoms with Gasteiger partial charge < -0.3 is 4.90 Å². The van der Waals surface area contributed by atoms with Gasteiger partial charge in [0.05, 0.1) is 17.8 Å². The van der Waals surface area contributed by atoms with Gasteiger partial charge in [-0.2, -0.15) is 5.26 Å². The van der Waals surface area contributed by atoms with Crippen molar-refractivity contribution in [1.82, 2.24) is 0 Å². The van der Waals surface area contributed by atoms with E-state index in [2.05, 4.69) is 10.9 Å². The zero-order valence-electron chi connectivity index (χ0n) is 19.3. The SMILES string of the molecule is [C-]#[N+]c1cc(N(c2cccc(-c3ccccc3)c2)c2ccccc2-c2ccccc2)cc(C#N)c1F. The minimum atomic E-state index is -0.800. The molecule has 170 valence electrons. The van der Waals surface area contributed by atoms with Crippen LogP contribution in [0.25, 0.3) is 27.1 Å². The summed E-state index contributed by atoms with van der Waals surface area (Å²) < 4.78 is 14.7. The molecule has 0 aromatic heterocycles. The van der Waals surface area contributed by atoms with E-state index in [-0.39, 0.29) is 11.3 Å². The van der Waals surface area contributed by atoms with Gasteiger partial charge in [0, 0.05) is 16.9 Å². The minimum Gasteiger partial charge on any atom is -0.311 e. The van der Waals surface area contributed by atoms with E-state index in [4.69, 9.17) is 6.57 Å². The van der Waals surface area contributed by atoms with Crippen molar-refractivity contribution in [1.29, 1.82) is 5.26 Å². The molecule has 5 aromatic carbocycles. The van der Waals surface area contributed by atoms with Crippen molar-refractivity contribution < 1.29 is 4.39 Å². The molecule has 0 amide bonds. The molecule has 5 aromatic rings. The number of anilines is 3. The second kappa shape index (κ2) is 9.97. The Morgan fingerprint density at radius 1 is 0.667 bits per heavy atom. The molecular weight excluding hydrogens is 445 g/mol. The molecule has 0 saturated heterocycles. The highest BCUT2D eigenvalue weighted by atomic mass is 19.1. The molecule has 36 heavy (non-hydrogen) atoms. The maximum absolute atomic E-state index is 14.7. The van der Waals surface area contributed by atoms with Gasteiger partial charge in [-0.05, 0) is 47.0 Å². The van der Waals surface area contributed by atoms with Crippen molar-refractivity contribution in [2.45, 2.75) is 0 Å². The van der Waals surface area contributed by atoms with Crippen LogP contribution in [-0.4, -0.2) is 0 Å². The van der Waals surface area contributed by atoms with Crippen molar-refractivity contribution >= 4 is 22.7 Å². The lowest BCUT2D eigenvalue weighted by atomic mass is 10.0. The number of nitriles is 1. The highest BCUT2D eigenvalue weighted by Crippen LogP contribution is 2.43. The molecule has 0 fully saturated rings. The van der Waals surface area contributed by atoms with E-state index in [0.29, 0.717) is 5.69 Å². The smallest absolute Gasteiger partial charge is 0.225 e. The van der Waals surface area contributed by atoms with Gasteiger partial charge in [0.15, 0.2) is 0 Å². The van der Waals surface area contributed by atoms with Crippen LogP contribution in [0.2, 0.25) is 0 Å². The van der Waals surface area contributed by atoms with Crippen molar-refractivity contribution in [3.8, 4) is 28.3 Å². The van der Waals surface area contributed by atoms with Gasteiger partial charge in [-0.1, -0.05) is 91.0 Å².